The van der Waals surface area contributed by atoms with Crippen LogP contribution >= 0.6 is 0 Å². The lowest BCUT2D eigenvalue weighted by molar-refractivity contribution is 0.672. The molecule has 16 heavy (non-hydrogen) atoms. The van der Waals surface area contributed by atoms with Crippen LogP contribution in [0, 0.1) is 0 Å². The Morgan fingerprint density at radius 3 is 2.56 bits per heavy atom. The molecule has 0 bridgehead atoms. The number of amidine groups is 1. The summed E-state index contributed by atoms with van der Waals surface area (Å²) in [6.07, 6.45) is 3.38. The fourth-order valence-corrected chi connectivity index (χ4v) is 1.83. The molecule has 1 radical (unpaired) electrons. The van der Waals surface area contributed by atoms with Crippen LogP contribution in [-0.4, -0.2) is 5.84 Å². The largest absolute Gasteiger partial charge is 0.184 e. The van der Waals surface area contributed by atoms with Crippen molar-refractivity contribution in [3.63, 3.8) is 0 Å². The molecule has 1 aliphatic rings. The highest BCUT2D eigenvalue weighted by Crippen LogP contribution is 2.24. The minimum absolute atomic E-state index is 0.233. The van der Waals surface area contributed by atoms with Crippen LogP contribution in [0.15, 0.2) is 45.9 Å². The van der Waals surface area contributed by atoms with Gasteiger partial charge in [0.15, 0.2) is 5.84 Å². The van der Waals surface area contributed by atoms with E-state index < -0.39 is 0 Å². The zero-order valence-electron chi connectivity index (χ0n) is 9.37. The van der Waals surface area contributed by atoms with Gasteiger partial charge in [0.05, 0.1) is 0 Å². The average Bonchev–Trinajstić information content (AvgIpc) is 2.85. The lowest BCUT2D eigenvalue weighted by atomic mass is 9.92. The van der Waals surface area contributed by atoms with Crippen molar-refractivity contribution in [3.8, 4) is 0 Å². The Morgan fingerprint density at radius 2 is 1.94 bits per heavy atom. The van der Waals surface area contributed by atoms with Crippen LogP contribution in [0.3, 0.4) is 0 Å². The number of hydrogen-bond donors (Lipinski definition) is 0. The maximum atomic E-state index is 3.97. The van der Waals surface area contributed by atoms with Crippen molar-refractivity contribution in [1.82, 2.24) is 5.43 Å². The molecule has 1 aromatic carbocycles. The summed E-state index contributed by atoms with van der Waals surface area (Å²) in [5, 5.41) is 11.1. The molecular formula is C12H15N4. The molecular weight excluding hydrogens is 200 g/mol. The molecule has 0 saturated heterocycles. The summed E-state index contributed by atoms with van der Waals surface area (Å²) in [5.74, 6) is 0.968. The van der Waals surface area contributed by atoms with Gasteiger partial charge < -0.3 is 0 Å². The molecule has 1 heterocycles. The minimum Gasteiger partial charge on any atom is -0.111 e. The van der Waals surface area contributed by atoms with E-state index in [1.165, 1.54) is 12.0 Å². The van der Waals surface area contributed by atoms with Gasteiger partial charge in [-0.1, -0.05) is 50.1 Å². The first-order valence-electron chi connectivity index (χ1n) is 5.65. The Bertz CT molecular complexity index is 383. The van der Waals surface area contributed by atoms with E-state index in [2.05, 4.69) is 40.0 Å². The summed E-state index contributed by atoms with van der Waals surface area (Å²) in [7, 11) is 0. The van der Waals surface area contributed by atoms with Crippen molar-refractivity contribution >= 4 is 5.84 Å². The van der Waals surface area contributed by atoms with E-state index >= 15 is 0 Å². The molecule has 0 aliphatic carbocycles. The molecule has 1 aliphatic heterocycles. The van der Waals surface area contributed by atoms with Crippen LogP contribution in [0.5, 0.6) is 0 Å². The third kappa shape index (κ3) is 2.45. The van der Waals surface area contributed by atoms with E-state index in [1.807, 2.05) is 18.2 Å². The third-order valence-electron chi connectivity index (χ3n) is 2.69. The number of unbranched alkanes of at least 4 members (excludes halogenated alkanes) is 1. The fourth-order valence-electron chi connectivity index (χ4n) is 1.83. The average molecular weight is 215 g/mol. The Balaban J connectivity index is 2.14. The van der Waals surface area contributed by atoms with Crippen LogP contribution in [0.25, 0.3) is 0 Å². The summed E-state index contributed by atoms with van der Waals surface area (Å²) < 4.78 is 0. The zero-order valence-corrected chi connectivity index (χ0v) is 9.37. The van der Waals surface area contributed by atoms with E-state index in [0.29, 0.717) is 0 Å². The Kier molecular flexibility index (Phi) is 3.64. The molecule has 83 valence electrons. The summed E-state index contributed by atoms with van der Waals surface area (Å²) >= 11 is 0. The maximum absolute atomic E-state index is 3.97. The number of rotatable bonds is 5. The van der Waals surface area contributed by atoms with Gasteiger partial charge in [-0.2, -0.15) is 0 Å². The van der Waals surface area contributed by atoms with Gasteiger partial charge in [0.2, 0.25) is 0 Å². The predicted molar refractivity (Wildman–Crippen MR) is 63.1 cm³/mol. The molecule has 0 aromatic heterocycles. The van der Waals surface area contributed by atoms with Crippen molar-refractivity contribution < 1.29 is 0 Å². The molecule has 2 rings (SSSR count). The molecule has 0 N–H and O–H groups in total. The highest BCUT2D eigenvalue weighted by molar-refractivity contribution is 5.88. The monoisotopic (exact) mass is 215 g/mol. The smallest absolute Gasteiger partial charge is 0.111 e. The molecule has 4 nitrogen and oxygen atoms in total. The van der Waals surface area contributed by atoms with E-state index in [9.17, 15) is 0 Å². The second kappa shape index (κ2) is 5.39. The number of hydrogen-bond acceptors (Lipinski definition) is 3. The van der Waals surface area contributed by atoms with Crippen molar-refractivity contribution in [2.45, 2.75) is 32.1 Å². The topological polar surface area (TPSA) is 51.2 Å². The summed E-state index contributed by atoms with van der Waals surface area (Å²) in [6.45, 7) is 2.18. The van der Waals surface area contributed by atoms with Crippen molar-refractivity contribution in [1.29, 1.82) is 0 Å². The quantitative estimate of drug-likeness (QED) is 0.724. The molecule has 1 aromatic rings. The molecule has 1 atom stereocenters. The number of nitrogens with zero attached hydrogens (tertiary/aromatic N) is 4. The highest BCUT2D eigenvalue weighted by Gasteiger charge is 2.21. The van der Waals surface area contributed by atoms with Crippen LogP contribution < -0.4 is 5.43 Å². The third-order valence-corrected chi connectivity index (χ3v) is 2.69. The van der Waals surface area contributed by atoms with Gasteiger partial charge >= 0.3 is 0 Å². The first-order chi connectivity index (χ1) is 7.92. The standard InChI is InChI=1S/C12H15N4/c1-2-3-9-11(12-13-15-16-14-12)10-7-5-4-6-8-10/h4-8,11H,2-3,9H2,1H3. The van der Waals surface area contributed by atoms with Crippen molar-refractivity contribution in [2.75, 3.05) is 0 Å². The molecule has 0 amide bonds. The van der Waals surface area contributed by atoms with Gasteiger partial charge in [0, 0.05) is 5.92 Å². The molecule has 1 unspecified atom stereocenters. The highest BCUT2D eigenvalue weighted by atomic mass is 15.6. The van der Waals surface area contributed by atoms with Gasteiger partial charge in [-0.25, -0.2) is 0 Å². The molecule has 0 spiro atoms. The van der Waals surface area contributed by atoms with E-state index in [0.717, 1.165) is 18.7 Å². The van der Waals surface area contributed by atoms with Crippen molar-refractivity contribution in [3.05, 3.63) is 35.9 Å². The molecule has 0 fully saturated rings. The van der Waals surface area contributed by atoms with Crippen molar-refractivity contribution in [2.24, 2.45) is 15.5 Å². The van der Waals surface area contributed by atoms with Crippen LogP contribution in [-0.2, 0) is 0 Å². The lowest BCUT2D eigenvalue weighted by Gasteiger charge is -2.14. The van der Waals surface area contributed by atoms with Gasteiger partial charge in [-0.3, -0.25) is 0 Å². The number of benzene rings is 1. The first-order valence-corrected chi connectivity index (χ1v) is 5.65. The first kappa shape index (κ1) is 10.8. The maximum Gasteiger partial charge on any atom is 0.184 e. The van der Waals surface area contributed by atoms with Gasteiger partial charge in [-0.15, -0.1) is 10.5 Å². The zero-order chi connectivity index (χ0) is 11.2. The van der Waals surface area contributed by atoms with Crippen LogP contribution in [0.2, 0.25) is 0 Å². The molecule has 0 saturated carbocycles. The van der Waals surface area contributed by atoms with Gasteiger partial charge in [-0.05, 0) is 22.4 Å². The minimum atomic E-state index is 0.233. The fraction of sp³-hybridized carbons (Fsp3) is 0.417. The Labute approximate surface area is 95.4 Å². The SMILES string of the molecule is CCCCC(C1=NN=N[N]1)c1ccccc1. The van der Waals surface area contributed by atoms with Crippen LogP contribution in [0.4, 0.5) is 0 Å². The Hall–Kier alpha value is -1.71. The normalized spacial score (nSPS) is 15.7. The second-order valence-electron chi connectivity index (χ2n) is 3.84. The van der Waals surface area contributed by atoms with E-state index in [4.69, 9.17) is 0 Å². The second-order valence-corrected chi connectivity index (χ2v) is 3.84. The lowest BCUT2D eigenvalue weighted by Crippen LogP contribution is -2.17. The Morgan fingerprint density at radius 1 is 1.12 bits per heavy atom. The summed E-state index contributed by atoms with van der Waals surface area (Å²) in [6, 6.07) is 10.3. The predicted octanol–water partition coefficient (Wildman–Crippen LogP) is 3.26. The van der Waals surface area contributed by atoms with Crippen LogP contribution in [0.1, 0.15) is 37.7 Å². The van der Waals surface area contributed by atoms with E-state index in [1.54, 1.807) is 0 Å². The molecule has 4 heteroatoms. The summed E-state index contributed by atoms with van der Waals surface area (Å²) in [5.41, 5.74) is 5.22. The van der Waals surface area contributed by atoms with E-state index in [-0.39, 0.29) is 5.92 Å². The van der Waals surface area contributed by atoms with Gasteiger partial charge in [0.1, 0.15) is 0 Å². The summed E-state index contributed by atoms with van der Waals surface area (Å²) in [4.78, 5) is 0. The van der Waals surface area contributed by atoms with Gasteiger partial charge in [0.25, 0.3) is 0 Å².